The molecule has 0 radical (unpaired) electrons. The molecule has 9 nitrogen and oxygen atoms in total. The quantitative estimate of drug-likeness (QED) is 0.422. The van der Waals surface area contributed by atoms with Crippen LogP contribution in [-0.2, 0) is 22.0 Å². The number of nitrogens with zero attached hydrogens (tertiary/aromatic N) is 4. The van der Waals surface area contributed by atoms with Crippen molar-refractivity contribution in [3.05, 3.63) is 76.1 Å². The van der Waals surface area contributed by atoms with Crippen LogP contribution in [0.3, 0.4) is 0 Å². The molecule has 2 aromatic carbocycles. The van der Waals surface area contributed by atoms with Gasteiger partial charge in [-0.15, -0.1) is 0 Å². The second kappa shape index (κ2) is 11.2. The molecule has 38 heavy (non-hydrogen) atoms. The fourth-order valence-corrected chi connectivity index (χ4v) is 5.21. The van der Waals surface area contributed by atoms with E-state index in [1.165, 1.54) is 6.20 Å². The van der Waals surface area contributed by atoms with Crippen molar-refractivity contribution in [3.63, 3.8) is 0 Å². The Hall–Kier alpha value is -3.39. The number of aromatic nitrogens is 2. The van der Waals surface area contributed by atoms with E-state index in [0.717, 1.165) is 23.1 Å². The average molecular weight is 556 g/mol. The van der Waals surface area contributed by atoms with Crippen LogP contribution in [-0.4, -0.2) is 48.9 Å². The van der Waals surface area contributed by atoms with Crippen molar-refractivity contribution < 1.29 is 18.3 Å². The lowest BCUT2D eigenvalue weighted by Gasteiger charge is -2.34. The predicted octanol–water partition coefficient (Wildman–Crippen LogP) is 4.24. The Balaban J connectivity index is 1.49. The third kappa shape index (κ3) is 6.54. The van der Waals surface area contributed by atoms with Gasteiger partial charge in [0.15, 0.2) is 0 Å². The maximum Gasteiger partial charge on any atom is 0.236 e. The smallest absolute Gasteiger partial charge is 0.236 e. The zero-order chi connectivity index (χ0) is 27.5. The first-order valence-corrected chi connectivity index (χ1v) is 14.4. The summed E-state index contributed by atoms with van der Waals surface area (Å²) in [4.78, 5) is 10.1. The molecule has 0 saturated carbocycles. The van der Waals surface area contributed by atoms with Crippen LogP contribution in [0.25, 0.3) is 0 Å². The van der Waals surface area contributed by atoms with Crippen molar-refractivity contribution >= 4 is 33.3 Å². The van der Waals surface area contributed by atoms with Crippen LogP contribution in [0.4, 0.5) is 11.6 Å². The Morgan fingerprint density at radius 1 is 1.18 bits per heavy atom. The maximum atomic E-state index is 11.4. The lowest BCUT2D eigenvalue weighted by atomic mass is 9.77. The Morgan fingerprint density at radius 3 is 2.50 bits per heavy atom. The standard InChI is InChI=1S/C27H30ClN5O4S/c1-27(2,20-14-18(16-29)25(24(28)15-20)33-12-9-22(34)10-13-33)19-4-6-23(7-5-19)37-17-21-8-11-30-26(31-21)32-38(3,35)36/h4-8,11,14-15,22,34H,9-10,12-13,17H2,1-3H3,(H,30,31,32). The number of aliphatic hydroxyl groups excluding tert-OH is 1. The number of benzene rings is 2. The average Bonchev–Trinajstić information content (AvgIpc) is 2.87. The molecule has 1 aliphatic heterocycles. The zero-order valence-corrected chi connectivity index (χ0v) is 23.1. The summed E-state index contributed by atoms with van der Waals surface area (Å²) in [5, 5.41) is 20.3. The summed E-state index contributed by atoms with van der Waals surface area (Å²) in [6, 6.07) is 15.4. The summed E-state index contributed by atoms with van der Waals surface area (Å²) in [5.41, 5.74) is 3.26. The van der Waals surface area contributed by atoms with Crippen molar-refractivity contribution in [1.29, 1.82) is 5.26 Å². The minimum atomic E-state index is -3.47. The van der Waals surface area contributed by atoms with Gasteiger partial charge < -0.3 is 14.7 Å². The molecule has 4 rings (SSSR count). The fourth-order valence-electron chi connectivity index (χ4n) is 4.44. The molecule has 200 valence electrons. The second-order valence-electron chi connectivity index (χ2n) is 9.87. The minimum Gasteiger partial charge on any atom is -0.487 e. The number of hydrogen-bond acceptors (Lipinski definition) is 8. The van der Waals surface area contributed by atoms with E-state index in [2.05, 4.69) is 39.5 Å². The molecule has 0 aliphatic carbocycles. The topological polar surface area (TPSA) is 128 Å². The van der Waals surface area contributed by atoms with E-state index in [1.807, 2.05) is 36.4 Å². The van der Waals surface area contributed by atoms with Gasteiger partial charge in [0.25, 0.3) is 0 Å². The van der Waals surface area contributed by atoms with Gasteiger partial charge in [-0.25, -0.2) is 18.4 Å². The van der Waals surface area contributed by atoms with E-state index in [1.54, 1.807) is 6.07 Å². The molecule has 2 heterocycles. The first-order valence-electron chi connectivity index (χ1n) is 12.2. The number of anilines is 2. The summed E-state index contributed by atoms with van der Waals surface area (Å²) >= 11 is 6.72. The van der Waals surface area contributed by atoms with Gasteiger partial charge >= 0.3 is 0 Å². The molecule has 0 bridgehead atoms. The molecule has 0 unspecified atom stereocenters. The van der Waals surface area contributed by atoms with Gasteiger partial charge in [0.2, 0.25) is 16.0 Å². The first kappa shape index (κ1) is 27.6. The molecule has 2 N–H and O–H groups in total. The molecule has 1 fully saturated rings. The van der Waals surface area contributed by atoms with Gasteiger partial charge in [-0.1, -0.05) is 37.6 Å². The molecule has 11 heteroatoms. The Labute approximate surface area is 228 Å². The van der Waals surface area contributed by atoms with Gasteiger partial charge in [-0.05, 0) is 54.3 Å². The molecule has 0 amide bonds. The lowest BCUT2D eigenvalue weighted by Crippen LogP contribution is -2.36. The molecule has 1 saturated heterocycles. The van der Waals surface area contributed by atoms with Gasteiger partial charge in [-0.2, -0.15) is 5.26 Å². The van der Waals surface area contributed by atoms with Crippen LogP contribution in [0, 0.1) is 11.3 Å². The predicted molar refractivity (Wildman–Crippen MR) is 147 cm³/mol. The second-order valence-corrected chi connectivity index (χ2v) is 12.0. The number of ether oxygens (including phenoxy) is 1. The highest BCUT2D eigenvalue weighted by Gasteiger charge is 2.28. The van der Waals surface area contributed by atoms with Gasteiger partial charge in [0.1, 0.15) is 18.4 Å². The van der Waals surface area contributed by atoms with Crippen LogP contribution >= 0.6 is 11.6 Å². The van der Waals surface area contributed by atoms with E-state index in [0.29, 0.717) is 48.0 Å². The van der Waals surface area contributed by atoms with E-state index in [-0.39, 0.29) is 18.7 Å². The van der Waals surface area contributed by atoms with Crippen LogP contribution in [0.15, 0.2) is 48.7 Å². The van der Waals surface area contributed by atoms with Crippen molar-refractivity contribution in [2.24, 2.45) is 0 Å². The van der Waals surface area contributed by atoms with Crippen LogP contribution in [0.5, 0.6) is 5.75 Å². The fraction of sp³-hybridized carbons (Fsp3) is 0.370. The summed E-state index contributed by atoms with van der Waals surface area (Å²) in [7, 11) is -3.47. The normalized spacial score (nSPS) is 14.7. The summed E-state index contributed by atoms with van der Waals surface area (Å²) in [6.07, 6.45) is 3.49. The first-order chi connectivity index (χ1) is 18.0. The molecule has 0 atom stereocenters. The van der Waals surface area contributed by atoms with Crippen LogP contribution < -0.4 is 14.4 Å². The summed E-state index contributed by atoms with van der Waals surface area (Å²) in [6.45, 7) is 5.60. The monoisotopic (exact) mass is 555 g/mol. The number of sulfonamides is 1. The molecular formula is C27H30ClN5O4S. The number of nitriles is 1. The molecule has 3 aromatic rings. The van der Waals surface area contributed by atoms with Gasteiger partial charge in [-0.3, -0.25) is 4.72 Å². The third-order valence-corrected chi connectivity index (χ3v) is 7.48. The summed E-state index contributed by atoms with van der Waals surface area (Å²) < 4.78 is 30.9. The summed E-state index contributed by atoms with van der Waals surface area (Å²) in [5.74, 6) is 0.615. The molecule has 0 spiro atoms. The van der Waals surface area contributed by atoms with E-state index >= 15 is 0 Å². The largest absolute Gasteiger partial charge is 0.487 e. The molecule has 1 aliphatic rings. The Morgan fingerprint density at radius 2 is 1.87 bits per heavy atom. The van der Waals surface area contributed by atoms with E-state index in [9.17, 15) is 18.8 Å². The molecule has 1 aromatic heterocycles. The minimum absolute atomic E-state index is 0.00927. The molecular weight excluding hydrogens is 526 g/mol. The third-order valence-electron chi connectivity index (χ3n) is 6.64. The SMILES string of the molecule is CC(C)(c1ccc(OCc2ccnc(NS(C)(=O)=O)n2)cc1)c1cc(Cl)c(N2CCC(O)CC2)c(C#N)c1. The maximum absolute atomic E-state index is 11.4. The van der Waals surface area contributed by atoms with Gasteiger partial charge in [0, 0.05) is 24.7 Å². The number of piperidine rings is 1. The van der Waals surface area contributed by atoms with Crippen LogP contribution in [0.1, 0.15) is 49.1 Å². The highest BCUT2D eigenvalue weighted by atomic mass is 35.5. The van der Waals surface area contributed by atoms with Crippen molar-refractivity contribution in [3.8, 4) is 11.8 Å². The Bertz CT molecular complexity index is 1450. The van der Waals surface area contributed by atoms with Crippen molar-refractivity contribution in [2.45, 2.75) is 44.8 Å². The number of rotatable bonds is 8. The zero-order valence-electron chi connectivity index (χ0n) is 21.5. The number of hydrogen-bond donors (Lipinski definition) is 2. The van der Waals surface area contributed by atoms with Crippen LogP contribution in [0.2, 0.25) is 5.02 Å². The van der Waals surface area contributed by atoms with Crippen molar-refractivity contribution in [1.82, 2.24) is 9.97 Å². The number of halogens is 1. The Kier molecular flexibility index (Phi) is 8.11. The van der Waals surface area contributed by atoms with Gasteiger partial charge in [0.05, 0.1) is 34.3 Å². The highest BCUT2D eigenvalue weighted by molar-refractivity contribution is 7.91. The van der Waals surface area contributed by atoms with E-state index < -0.39 is 15.4 Å². The van der Waals surface area contributed by atoms with Crippen molar-refractivity contribution in [2.75, 3.05) is 29.0 Å². The number of nitrogens with one attached hydrogen (secondary N) is 1. The highest BCUT2D eigenvalue weighted by Crippen LogP contribution is 2.39. The lowest BCUT2D eigenvalue weighted by molar-refractivity contribution is 0.145. The van der Waals surface area contributed by atoms with E-state index in [4.69, 9.17) is 16.3 Å². The number of aliphatic hydroxyl groups is 1.